The number of aromatic nitrogens is 1. The standard InChI is InChI=1S/C20H20N6/c21-19-8-7-18(16-4-1-9-23-13-16)25-26(19)20(22)12-14-5-6-17-15(11-14)3-2-10-24-17/h1-9,11,13,18,21-22,24-25H,10,12H2/t18-/m1/s1. The van der Waals surface area contributed by atoms with Crippen LogP contribution in [0.25, 0.3) is 6.08 Å². The number of hydrogen-bond donors (Lipinski definition) is 4. The average molecular weight is 344 g/mol. The lowest BCUT2D eigenvalue weighted by atomic mass is 10.0. The topological polar surface area (TPSA) is 87.9 Å². The number of anilines is 1. The van der Waals surface area contributed by atoms with Crippen molar-refractivity contribution in [1.29, 1.82) is 10.8 Å². The van der Waals surface area contributed by atoms with E-state index in [9.17, 15) is 0 Å². The quantitative estimate of drug-likeness (QED) is 0.509. The first-order valence-corrected chi connectivity index (χ1v) is 8.54. The fraction of sp³-hybridized carbons (Fsp3) is 0.150. The number of pyridine rings is 1. The Morgan fingerprint density at radius 3 is 3.04 bits per heavy atom. The third kappa shape index (κ3) is 3.27. The van der Waals surface area contributed by atoms with Crippen molar-refractivity contribution in [3.63, 3.8) is 0 Å². The first kappa shape index (κ1) is 16.2. The van der Waals surface area contributed by atoms with Gasteiger partial charge in [0.05, 0.1) is 6.04 Å². The normalized spacial score (nSPS) is 18.4. The average Bonchev–Trinajstić information content (AvgIpc) is 2.69. The van der Waals surface area contributed by atoms with Gasteiger partial charge in [-0.05, 0) is 41.0 Å². The summed E-state index contributed by atoms with van der Waals surface area (Å²) in [6, 6.07) is 9.93. The summed E-state index contributed by atoms with van der Waals surface area (Å²) >= 11 is 0. The molecule has 0 saturated carbocycles. The lowest BCUT2D eigenvalue weighted by Gasteiger charge is -2.32. The van der Waals surface area contributed by atoms with E-state index in [1.54, 1.807) is 18.5 Å². The molecule has 0 radical (unpaired) electrons. The van der Waals surface area contributed by atoms with Gasteiger partial charge in [0.2, 0.25) is 0 Å². The molecule has 6 nitrogen and oxygen atoms in total. The van der Waals surface area contributed by atoms with Crippen molar-refractivity contribution in [3.05, 3.63) is 77.6 Å². The highest BCUT2D eigenvalue weighted by Gasteiger charge is 2.22. The summed E-state index contributed by atoms with van der Waals surface area (Å²) in [5, 5.41) is 21.5. The first-order chi connectivity index (χ1) is 12.7. The maximum Gasteiger partial charge on any atom is 0.140 e. The van der Waals surface area contributed by atoms with Crippen molar-refractivity contribution in [2.75, 3.05) is 11.9 Å². The number of nitrogens with zero attached hydrogens (tertiary/aromatic N) is 2. The molecule has 0 spiro atoms. The van der Waals surface area contributed by atoms with Crippen LogP contribution in [0.2, 0.25) is 0 Å². The Morgan fingerprint density at radius 2 is 2.19 bits per heavy atom. The summed E-state index contributed by atoms with van der Waals surface area (Å²) < 4.78 is 0. The first-order valence-electron chi connectivity index (χ1n) is 8.54. The van der Waals surface area contributed by atoms with Crippen LogP contribution >= 0.6 is 0 Å². The number of hydrazine groups is 1. The minimum Gasteiger partial charge on any atom is -0.381 e. The number of fused-ring (bicyclic) bond motifs is 1. The number of amidine groups is 2. The maximum absolute atomic E-state index is 8.48. The van der Waals surface area contributed by atoms with Gasteiger partial charge >= 0.3 is 0 Å². The molecule has 4 rings (SSSR count). The molecule has 6 heteroatoms. The highest BCUT2D eigenvalue weighted by molar-refractivity contribution is 6.04. The van der Waals surface area contributed by atoms with Crippen molar-refractivity contribution in [3.8, 4) is 0 Å². The largest absolute Gasteiger partial charge is 0.381 e. The van der Waals surface area contributed by atoms with Crippen LogP contribution in [0.15, 0.2) is 61.0 Å². The fourth-order valence-electron chi connectivity index (χ4n) is 3.13. The van der Waals surface area contributed by atoms with E-state index in [0.29, 0.717) is 12.3 Å². The van der Waals surface area contributed by atoms with Gasteiger partial charge in [0, 0.05) is 31.0 Å². The van der Waals surface area contributed by atoms with E-state index in [4.69, 9.17) is 10.8 Å². The molecule has 2 aliphatic heterocycles. The lowest BCUT2D eigenvalue weighted by Crippen LogP contribution is -2.50. The Morgan fingerprint density at radius 1 is 1.27 bits per heavy atom. The predicted octanol–water partition coefficient (Wildman–Crippen LogP) is 3.14. The van der Waals surface area contributed by atoms with Gasteiger partial charge in [-0.25, -0.2) is 10.4 Å². The van der Waals surface area contributed by atoms with Crippen LogP contribution in [0.4, 0.5) is 5.69 Å². The highest BCUT2D eigenvalue weighted by atomic mass is 15.5. The Labute approximate surface area is 152 Å². The van der Waals surface area contributed by atoms with Gasteiger partial charge in [-0.15, -0.1) is 0 Å². The van der Waals surface area contributed by atoms with Gasteiger partial charge in [-0.1, -0.05) is 30.4 Å². The van der Waals surface area contributed by atoms with E-state index in [0.717, 1.165) is 28.9 Å². The minimum absolute atomic E-state index is 0.103. The predicted molar refractivity (Wildman–Crippen MR) is 104 cm³/mol. The second kappa shape index (κ2) is 6.93. The summed E-state index contributed by atoms with van der Waals surface area (Å²) in [5.41, 5.74) is 7.53. The van der Waals surface area contributed by atoms with Gasteiger partial charge in [-0.2, -0.15) is 0 Å². The molecule has 0 fully saturated rings. The zero-order chi connectivity index (χ0) is 17.9. The van der Waals surface area contributed by atoms with E-state index < -0.39 is 0 Å². The molecule has 26 heavy (non-hydrogen) atoms. The van der Waals surface area contributed by atoms with Crippen LogP contribution in [0.3, 0.4) is 0 Å². The maximum atomic E-state index is 8.48. The summed E-state index contributed by atoms with van der Waals surface area (Å²) in [4.78, 5) is 4.15. The molecular formula is C20H20N6. The zero-order valence-electron chi connectivity index (χ0n) is 14.2. The number of rotatable bonds is 3. The summed E-state index contributed by atoms with van der Waals surface area (Å²) in [5.74, 6) is 0.593. The SMILES string of the molecule is N=C1C=C[C@H](c2cccnc2)NN1C(=N)Cc1ccc2c(c1)C=CCN2. The Bertz CT molecular complexity index is 900. The van der Waals surface area contributed by atoms with E-state index in [1.165, 1.54) is 5.01 Å². The van der Waals surface area contributed by atoms with E-state index in [1.807, 2.05) is 24.3 Å². The van der Waals surface area contributed by atoms with Gasteiger partial charge < -0.3 is 5.32 Å². The molecule has 0 unspecified atom stereocenters. The molecule has 0 saturated heterocycles. The van der Waals surface area contributed by atoms with Gasteiger partial charge in [0.1, 0.15) is 11.7 Å². The molecule has 0 amide bonds. The third-order valence-corrected chi connectivity index (χ3v) is 4.46. The number of benzene rings is 1. The molecule has 130 valence electrons. The molecule has 3 heterocycles. The molecule has 1 aromatic carbocycles. The van der Waals surface area contributed by atoms with Crippen LogP contribution in [-0.2, 0) is 6.42 Å². The molecule has 1 atom stereocenters. The minimum atomic E-state index is -0.103. The molecule has 1 aromatic heterocycles. The lowest BCUT2D eigenvalue weighted by molar-refractivity contribution is 0.387. The van der Waals surface area contributed by atoms with E-state index in [2.05, 4.69) is 40.0 Å². The third-order valence-electron chi connectivity index (χ3n) is 4.46. The van der Waals surface area contributed by atoms with Crippen LogP contribution in [0, 0.1) is 10.8 Å². The van der Waals surface area contributed by atoms with Crippen molar-refractivity contribution in [1.82, 2.24) is 15.4 Å². The zero-order valence-corrected chi connectivity index (χ0v) is 14.2. The van der Waals surface area contributed by atoms with Crippen molar-refractivity contribution >= 4 is 23.4 Å². The number of nitrogens with one attached hydrogen (secondary N) is 4. The van der Waals surface area contributed by atoms with Gasteiger partial charge in [0.25, 0.3) is 0 Å². The Balaban J connectivity index is 1.50. The van der Waals surface area contributed by atoms with Gasteiger partial charge in [-0.3, -0.25) is 15.8 Å². The van der Waals surface area contributed by atoms with Crippen LogP contribution in [0.5, 0.6) is 0 Å². The number of hydrogen-bond acceptors (Lipinski definition) is 5. The van der Waals surface area contributed by atoms with Crippen molar-refractivity contribution < 1.29 is 0 Å². The summed E-state index contributed by atoms with van der Waals surface area (Å²) in [6.07, 6.45) is 11.8. The van der Waals surface area contributed by atoms with Crippen LogP contribution in [-0.4, -0.2) is 28.2 Å². The molecule has 2 aliphatic rings. The second-order valence-corrected chi connectivity index (χ2v) is 6.30. The van der Waals surface area contributed by atoms with Crippen LogP contribution < -0.4 is 10.7 Å². The second-order valence-electron chi connectivity index (χ2n) is 6.30. The summed E-state index contributed by atoms with van der Waals surface area (Å²) in [7, 11) is 0. The molecular weight excluding hydrogens is 324 g/mol. The van der Waals surface area contributed by atoms with E-state index >= 15 is 0 Å². The summed E-state index contributed by atoms with van der Waals surface area (Å²) in [6.45, 7) is 0.846. The Hall–Kier alpha value is -3.25. The van der Waals surface area contributed by atoms with Crippen molar-refractivity contribution in [2.45, 2.75) is 12.5 Å². The van der Waals surface area contributed by atoms with Crippen molar-refractivity contribution in [2.24, 2.45) is 0 Å². The smallest absolute Gasteiger partial charge is 0.140 e. The van der Waals surface area contributed by atoms with Gasteiger partial charge in [0.15, 0.2) is 0 Å². The monoisotopic (exact) mass is 344 g/mol. The Kier molecular flexibility index (Phi) is 4.33. The molecule has 0 bridgehead atoms. The molecule has 0 aliphatic carbocycles. The van der Waals surface area contributed by atoms with Crippen LogP contribution in [0.1, 0.15) is 22.7 Å². The molecule has 4 N–H and O–H groups in total. The highest BCUT2D eigenvalue weighted by Crippen LogP contribution is 2.23. The molecule has 2 aromatic rings. The van der Waals surface area contributed by atoms with E-state index in [-0.39, 0.29) is 11.9 Å². The fourth-order valence-corrected chi connectivity index (χ4v) is 3.13.